The molecule has 0 spiro atoms. The number of para-hydroxylation sites is 4. The molecule has 50 heavy (non-hydrogen) atoms. The second-order valence-electron chi connectivity index (χ2n) is 13.5. The van der Waals surface area contributed by atoms with Crippen molar-refractivity contribution in [1.29, 1.82) is 0 Å². The molecule has 0 atom stereocenters. The summed E-state index contributed by atoms with van der Waals surface area (Å²) in [6, 6.07) is 52.7. The van der Waals surface area contributed by atoms with Crippen LogP contribution in [0.5, 0.6) is 0 Å². The van der Waals surface area contributed by atoms with Crippen LogP contribution in [0.1, 0.15) is 9.68 Å². The lowest BCUT2D eigenvalue weighted by Crippen LogP contribution is -2.59. The molecule has 10 aromatic rings. The predicted molar refractivity (Wildman–Crippen MR) is 209 cm³/mol. The molecule has 0 unspecified atom stereocenters. The number of furan rings is 1. The Kier molecular flexibility index (Phi) is 4.46. The largest absolute Gasteiger partial charge is 0.468 e. The van der Waals surface area contributed by atoms with Crippen molar-refractivity contribution in [2.24, 2.45) is 0 Å². The van der Waals surface area contributed by atoms with Gasteiger partial charge in [0.25, 0.3) is 6.71 Å². The molecule has 0 aliphatic carbocycles. The zero-order chi connectivity index (χ0) is 35.2. The summed E-state index contributed by atoms with van der Waals surface area (Å²) in [7, 11) is 0. The number of aryl methyl sites for hydroxylation is 1. The van der Waals surface area contributed by atoms with Gasteiger partial charge in [-0.3, -0.25) is 0 Å². The minimum Gasteiger partial charge on any atom is -0.468 e. The van der Waals surface area contributed by atoms with E-state index in [-0.39, 0.29) is 6.71 Å². The first kappa shape index (κ1) is 23.8. The van der Waals surface area contributed by atoms with Gasteiger partial charge in [-0.2, -0.15) is 0 Å². The van der Waals surface area contributed by atoms with Crippen molar-refractivity contribution in [3.8, 4) is 11.4 Å². The number of aromatic nitrogens is 2. The van der Waals surface area contributed by atoms with E-state index in [9.17, 15) is 0 Å². The third-order valence-corrected chi connectivity index (χ3v) is 11.0. The third kappa shape index (κ3) is 3.22. The van der Waals surface area contributed by atoms with Gasteiger partial charge >= 0.3 is 0 Å². The average molecular weight is 641 g/mol. The highest BCUT2D eigenvalue weighted by molar-refractivity contribution is 7.00. The predicted octanol–water partition coefficient (Wildman–Crippen LogP) is 9.55. The van der Waals surface area contributed by atoms with Crippen molar-refractivity contribution in [1.82, 2.24) is 9.13 Å². The van der Waals surface area contributed by atoms with E-state index < -0.39 is 6.85 Å². The van der Waals surface area contributed by atoms with E-state index in [1.807, 2.05) is 24.3 Å². The fourth-order valence-corrected chi connectivity index (χ4v) is 9.06. The number of hydrogen-bond donors (Lipinski definition) is 0. The lowest BCUT2D eigenvalue weighted by molar-refractivity contribution is 0.651. The Morgan fingerprint density at radius 3 is 2.14 bits per heavy atom. The first-order chi connectivity index (χ1) is 26.0. The Bertz CT molecular complexity index is 3190. The van der Waals surface area contributed by atoms with E-state index in [1.165, 1.54) is 21.8 Å². The first-order valence-corrected chi connectivity index (χ1v) is 17.1. The van der Waals surface area contributed by atoms with E-state index >= 15 is 0 Å². The second kappa shape index (κ2) is 9.37. The molecule has 7 aromatic carbocycles. The van der Waals surface area contributed by atoms with Gasteiger partial charge in [0.2, 0.25) is 0 Å². The molecule has 0 saturated heterocycles. The minimum absolute atomic E-state index is 0.101. The fourth-order valence-electron chi connectivity index (χ4n) is 9.06. The van der Waals surface area contributed by atoms with Gasteiger partial charge < -0.3 is 18.5 Å². The van der Waals surface area contributed by atoms with Gasteiger partial charge in [0.15, 0.2) is 0 Å². The summed E-state index contributed by atoms with van der Waals surface area (Å²) in [5.41, 5.74) is 14.3. The SMILES string of the molecule is [2H]C([2H])([2H])c1cccc(-n2c3ccccc3c3cc4c(cc32)c2cccc3c2n4-c2cccc4c2B3c2oc3ccccc3c2N4c2ccccc2)c1. The van der Waals surface area contributed by atoms with E-state index in [0.29, 0.717) is 5.56 Å². The normalized spacial score (nSPS) is 14.4. The molecule has 12 rings (SSSR count). The van der Waals surface area contributed by atoms with Crippen LogP contribution in [0.15, 0.2) is 156 Å². The molecule has 5 heteroatoms. The fraction of sp³-hybridized carbons (Fsp3) is 0.0222. The van der Waals surface area contributed by atoms with Gasteiger partial charge in [0.05, 0.1) is 27.9 Å². The molecule has 2 aliphatic rings. The smallest absolute Gasteiger partial charge is 0.297 e. The lowest BCUT2D eigenvalue weighted by atomic mass is 9.36. The Morgan fingerprint density at radius 1 is 0.540 bits per heavy atom. The standard InChI is InChI=1S/C45H28BN3O/c1-27-12-9-15-29(24-27)47-36-20-7-5-16-30(36)33-25-40-34(26-39(33)47)31-18-10-19-35-43(31)49(40)38-22-11-21-37-42(38)46(35)45-44(32-17-6-8-23-41(32)50-45)48(37)28-13-3-2-4-14-28/h2-26H,1H3/i1D3. The monoisotopic (exact) mass is 640 g/mol. The van der Waals surface area contributed by atoms with Crippen molar-refractivity contribution >= 4 is 94.9 Å². The molecular weight excluding hydrogens is 609 g/mol. The second-order valence-corrected chi connectivity index (χ2v) is 13.5. The summed E-state index contributed by atoms with van der Waals surface area (Å²) >= 11 is 0. The van der Waals surface area contributed by atoms with Gasteiger partial charge in [-0.1, -0.05) is 84.9 Å². The van der Waals surface area contributed by atoms with E-state index in [4.69, 9.17) is 8.53 Å². The first-order valence-electron chi connectivity index (χ1n) is 18.6. The summed E-state index contributed by atoms with van der Waals surface area (Å²) in [6.07, 6.45) is 0. The van der Waals surface area contributed by atoms with Crippen molar-refractivity contribution in [2.45, 2.75) is 6.85 Å². The van der Waals surface area contributed by atoms with Crippen LogP contribution in [0.2, 0.25) is 0 Å². The summed E-state index contributed by atoms with van der Waals surface area (Å²) in [6.45, 7) is -2.31. The zero-order valence-corrected chi connectivity index (χ0v) is 26.8. The maximum absolute atomic E-state index is 8.13. The van der Waals surface area contributed by atoms with Gasteiger partial charge in [-0.15, -0.1) is 0 Å². The van der Waals surface area contributed by atoms with Gasteiger partial charge in [-0.25, -0.2) is 0 Å². The van der Waals surface area contributed by atoms with Crippen molar-refractivity contribution < 1.29 is 8.53 Å². The summed E-state index contributed by atoms with van der Waals surface area (Å²) in [4.78, 5) is 2.38. The maximum Gasteiger partial charge on any atom is 0.297 e. The topological polar surface area (TPSA) is 26.2 Å². The number of benzene rings is 7. The molecule has 0 amide bonds. The van der Waals surface area contributed by atoms with Crippen LogP contribution in [0.25, 0.3) is 66.0 Å². The van der Waals surface area contributed by atoms with Crippen LogP contribution in [0.3, 0.4) is 0 Å². The van der Waals surface area contributed by atoms with Crippen LogP contribution in [-0.4, -0.2) is 15.8 Å². The Hall–Kier alpha value is -6.46. The molecule has 2 aliphatic heterocycles. The summed E-state index contributed by atoms with van der Waals surface area (Å²) in [5.74, 6) is 0. The van der Waals surface area contributed by atoms with Crippen molar-refractivity contribution in [2.75, 3.05) is 4.90 Å². The average Bonchev–Trinajstić information content (AvgIpc) is 3.84. The summed E-state index contributed by atoms with van der Waals surface area (Å²) < 4.78 is 36.0. The molecule has 3 aromatic heterocycles. The van der Waals surface area contributed by atoms with Crippen LogP contribution in [0, 0.1) is 6.85 Å². The molecule has 232 valence electrons. The Morgan fingerprint density at radius 2 is 1.24 bits per heavy atom. The highest BCUT2D eigenvalue weighted by Crippen LogP contribution is 2.45. The highest BCUT2D eigenvalue weighted by Gasteiger charge is 2.45. The number of anilines is 3. The number of fused-ring (bicyclic) bond motifs is 12. The minimum atomic E-state index is -2.20. The van der Waals surface area contributed by atoms with E-state index in [1.54, 1.807) is 12.1 Å². The van der Waals surface area contributed by atoms with Crippen LogP contribution >= 0.6 is 0 Å². The third-order valence-electron chi connectivity index (χ3n) is 11.0. The van der Waals surface area contributed by atoms with E-state index in [0.717, 1.165) is 77.8 Å². The van der Waals surface area contributed by atoms with Gasteiger partial charge in [0.1, 0.15) is 5.58 Å². The quantitative estimate of drug-likeness (QED) is 0.176. The Balaban J connectivity index is 1.21. The molecular formula is C45H28BN3O. The number of rotatable bonds is 2. The molecule has 0 radical (unpaired) electrons. The van der Waals surface area contributed by atoms with Crippen LogP contribution < -0.4 is 21.5 Å². The molecule has 0 saturated carbocycles. The molecule has 4 nitrogen and oxygen atoms in total. The van der Waals surface area contributed by atoms with Crippen molar-refractivity contribution in [3.05, 3.63) is 157 Å². The van der Waals surface area contributed by atoms with Crippen molar-refractivity contribution in [3.63, 3.8) is 0 Å². The molecule has 0 N–H and O–H groups in total. The molecule has 0 bridgehead atoms. The number of nitrogens with zero attached hydrogens (tertiary/aromatic N) is 3. The molecule has 5 heterocycles. The highest BCUT2D eigenvalue weighted by atomic mass is 16.3. The van der Waals surface area contributed by atoms with Gasteiger partial charge in [-0.05, 0) is 90.1 Å². The van der Waals surface area contributed by atoms with Gasteiger partial charge in [0, 0.05) is 59.3 Å². The summed E-state index contributed by atoms with van der Waals surface area (Å²) in [5, 5.41) is 5.65. The van der Waals surface area contributed by atoms with Crippen LogP contribution in [0.4, 0.5) is 17.1 Å². The lowest BCUT2D eigenvalue weighted by Gasteiger charge is -2.37. The van der Waals surface area contributed by atoms with E-state index in [2.05, 4.69) is 129 Å². The number of hydrogen-bond acceptors (Lipinski definition) is 2. The molecule has 0 fully saturated rings. The maximum atomic E-state index is 8.13. The Labute approximate surface area is 292 Å². The zero-order valence-electron chi connectivity index (χ0n) is 29.8. The van der Waals surface area contributed by atoms with Crippen LogP contribution in [-0.2, 0) is 0 Å².